The SMILES string of the molecule is CN(Cc1cnn(C)c1)c1cnccc1C(=O)O. The number of aromatic carboxylic acids is 1. The molecule has 0 saturated carbocycles. The summed E-state index contributed by atoms with van der Waals surface area (Å²) in [6.45, 7) is 0.583. The van der Waals surface area contributed by atoms with E-state index in [1.54, 1.807) is 17.1 Å². The number of carbonyl (C=O) groups is 1. The van der Waals surface area contributed by atoms with Gasteiger partial charge in [-0.25, -0.2) is 4.79 Å². The molecule has 0 bridgehead atoms. The zero-order valence-corrected chi connectivity index (χ0v) is 10.2. The molecule has 0 aromatic carbocycles. The summed E-state index contributed by atoms with van der Waals surface area (Å²) in [6, 6.07) is 1.50. The highest BCUT2D eigenvalue weighted by atomic mass is 16.4. The lowest BCUT2D eigenvalue weighted by atomic mass is 10.2. The summed E-state index contributed by atoms with van der Waals surface area (Å²) in [5, 5.41) is 13.2. The van der Waals surface area contributed by atoms with Gasteiger partial charge in [-0.15, -0.1) is 0 Å². The van der Waals surface area contributed by atoms with Crippen molar-refractivity contribution < 1.29 is 9.90 Å². The summed E-state index contributed by atoms with van der Waals surface area (Å²) in [4.78, 5) is 16.9. The van der Waals surface area contributed by atoms with E-state index in [1.165, 1.54) is 12.3 Å². The zero-order valence-electron chi connectivity index (χ0n) is 10.2. The second kappa shape index (κ2) is 4.87. The van der Waals surface area contributed by atoms with Crippen molar-refractivity contribution in [1.29, 1.82) is 0 Å². The average molecular weight is 246 g/mol. The number of carboxylic acid groups (broad SMARTS) is 1. The molecule has 2 aromatic rings. The average Bonchev–Trinajstić information content (AvgIpc) is 2.74. The van der Waals surface area contributed by atoms with Crippen LogP contribution in [-0.4, -0.2) is 32.9 Å². The summed E-state index contributed by atoms with van der Waals surface area (Å²) in [5.41, 5.74) is 1.85. The van der Waals surface area contributed by atoms with Crippen molar-refractivity contribution in [1.82, 2.24) is 14.8 Å². The molecule has 0 fully saturated rings. The maximum Gasteiger partial charge on any atom is 0.337 e. The van der Waals surface area contributed by atoms with Crippen LogP contribution in [0.3, 0.4) is 0 Å². The van der Waals surface area contributed by atoms with E-state index in [0.717, 1.165) is 5.56 Å². The van der Waals surface area contributed by atoms with Crippen LogP contribution < -0.4 is 4.90 Å². The Bertz CT molecular complexity index is 565. The second-order valence-corrected chi connectivity index (χ2v) is 4.08. The largest absolute Gasteiger partial charge is 0.478 e. The van der Waals surface area contributed by atoms with Gasteiger partial charge in [0.2, 0.25) is 0 Å². The lowest BCUT2D eigenvalue weighted by molar-refractivity contribution is 0.0697. The maximum absolute atomic E-state index is 11.1. The first-order valence-electron chi connectivity index (χ1n) is 5.44. The molecule has 0 amide bonds. The van der Waals surface area contributed by atoms with Gasteiger partial charge in [0.25, 0.3) is 0 Å². The minimum Gasteiger partial charge on any atom is -0.478 e. The second-order valence-electron chi connectivity index (χ2n) is 4.08. The third-order valence-corrected chi connectivity index (χ3v) is 2.62. The fourth-order valence-electron chi connectivity index (χ4n) is 1.78. The van der Waals surface area contributed by atoms with Crippen molar-refractivity contribution in [3.8, 4) is 0 Å². The van der Waals surface area contributed by atoms with Gasteiger partial charge in [0.05, 0.1) is 23.6 Å². The number of rotatable bonds is 4. The molecule has 18 heavy (non-hydrogen) atoms. The maximum atomic E-state index is 11.1. The molecule has 0 unspecified atom stereocenters. The quantitative estimate of drug-likeness (QED) is 0.876. The summed E-state index contributed by atoms with van der Waals surface area (Å²) >= 11 is 0. The van der Waals surface area contributed by atoms with E-state index >= 15 is 0 Å². The topological polar surface area (TPSA) is 71.2 Å². The Labute approximate surface area is 104 Å². The third kappa shape index (κ3) is 2.48. The van der Waals surface area contributed by atoms with Crippen LogP contribution >= 0.6 is 0 Å². The third-order valence-electron chi connectivity index (χ3n) is 2.62. The molecule has 1 N–H and O–H groups in total. The van der Waals surface area contributed by atoms with Crippen molar-refractivity contribution in [3.05, 3.63) is 42.0 Å². The molecule has 2 rings (SSSR count). The number of anilines is 1. The molecule has 0 radical (unpaired) electrons. The van der Waals surface area contributed by atoms with Gasteiger partial charge in [0.1, 0.15) is 0 Å². The zero-order chi connectivity index (χ0) is 13.1. The first-order chi connectivity index (χ1) is 8.58. The Balaban J connectivity index is 2.23. The van der Waals surface area contributed by atoms with E-state index in [9.17, 15) is 4.79 Å². The predicted octanol–water partition coefficient (Wildman–Crippen LogP) is 1.15. The molecule has 6 heteroatoms. The van der Waals surface area contributed by atoms with E-state index in [1.807, 2.05) is 25.2 Å². The number of hydrogen-bond acceptors (Lipinski definition) is 4. The van der Waals surface area contributed by atoms with Gasteiger partial charge < -0.3 is 10.0 Å². The van der Waals surface area contributed by atoms with E-state index in [2.05, 4.69) is 10.1 Å². The number of hydrogen-bond donors (Lipinski definition) is 1. The molecule has 0 spiro atoms. The van der Waals surface area contributed by atoms with Crippen LogP contribution in [0.2, 0.25) is 0 Å². The Morgan fingerprint density at radius 3 is 2.89 bits per heavy atom. The Morgan fingerprint density at radius 2 is 2.28 bits per heavy atom. The summed E-state index contributed by atoms with van der Waals surface area (Å²) in [5.74, 6) is -0.953. The molecule has 6 nitrogen and oxygen atoms in total. The normalized spacial score (nSPS) is 10.3. The van der Waals surface area contributed by atoms with Crippen molar-refractivity contribution in [2.45, 2.75) is 6.54 Å². The molecule has 2 heterocycles. The number of carboxylic acids is 1. The van der Waals surface area contributed by atoms with Gasteiger partial charge >= 0.3 is 5.97 Å². The monoisotopic (exact) mass is 246 g/mol. The highest BCUT2D eigenvalue weighted by molar-refractivity contribution is 5.94. The molecule has 0 saturated heterocycles. The summed E-state index contributed by atoms with van der Waals surface area (Å²) in [7, 11) is 3.67. The predicted molar refractivity (Wildman–Crippen MR) is 66.5 cm³/mol. The fourth-order valence-corrected chi connectivity index (χ4v) is 1.78. The molecular formula is C12H14N4O2. The van der Waals surface area contributed by atoms with Crippen LogP contribution in [0, 0.1) is 0 Å². The van der Waals surface area contributed by atoms with Gasteiger partial charge in [0.15, 0.2) is 0 Å². The van der Waals surface area contributed by atoms with Crippen LogP contribution in [0.1, 0.15) is 15.9 Å². The van der Waals surface area contributed by atoms with Crippen molar-refractivity contribution in [3.63, 3.8) is 0 Å². The molecular weight excluding hydrogens is 232 g/mol. The van der Waals surface area contributed by atoms with E-state index in [-0.39, 0.29) is 5.56 Å². The molecule has 0 aliphatic rings. The fraction of sp³-hybridized carbons (Fsp3) is 0.250. The van der Waals surface area contributed by atoms with Crippen LogP contribution in [0.25, 0.3) is 0 Å². The summed E-state index contributed by atoms with van der Waals surface area (Å²) in [6.07, 6.45) is 6.69. The molecule has 94 valence electrons. The molecule has 2 aromatic heterocycles. The van der Waals surface area contributed by atoms with Gasteiger partial charge in [-0.3, -0.25) is 9.67 Å². The Hall–Kier alpha value is -2.37. The molecule has 0 atom stereocenters. The van der Waals surface area contributed by atoms with Crippen LogP contribution in [-0.2, 0) is 13.6 Å². The highest BCUT2D eigenvalue weighted by Crippen LogP contribution is 2.19. The number of pyridine rings is 1. The summed E-state index contributed by atoms with van der Waals surface area (Å²) < 4.78 is 1.71. The molecule has 0 aliphatic heterocycles. The van der Waals surface area contributed by atoms with Crippen molar-refractivity contribution in [2.24, 2.45) is 7.05 Å². The van der Waals surface area contributed by atoms with E-state index < -0.39 is 5.97 Å². The van der Waals surface area contributed by atoms with Crippen molar-refractivity contribution in [2.75, 3.05) is 11.9 Å². The van der Waals surface area contributed by atoms with Gasteiger partial charge in [-0.1, -0.05) is 0 Å². The van der Waals surface area contributed by atoms with Gasteiger partial charge in [-0.2, -0.15) is 5.10 Å². The lowest BCUT2D eigenvalue weighted by Gasteiger charge is -2.19. The van der Waals surface area contributed by atoms with Gasteiger partial charge in [0, 0.05) is 38.6 Å². The first kappa shape index (κ1) is 12.1. The Kier molecular flexibility index (Phi) is 3.27. The first-order valence-corrected chi connectivity index (χ1v) is 5.44. The minimum atomic E-state index is -0.953. The van der Waals surface area contributed by atoms with E-state index in [4.69, 9.17) is 5.11 Å². The minimum absolute atomic E-state index is 0.247. The van der Waals surface area contributed by atoms with Crippen LogP contribution in [0.5, 0.6) is 0 Å². The lowest BCUT2D eigenvalue weighted by Crippen LogP contribution is -2.19. The molecule has 0 aliphatic carbocycles. The standard InChI is InChI=1S/C12H14N4O2/c1-15(7-9-5-14-16(2)8-9)11-6-13-4-3-10(11)12(17)18/h3-6,8H,7H2,1-2H3,(H,17,18). The van der Waals surface area contributed by atoms with Gasteiger partial charge in [-0.05, 0) is 6.07 Å². The number of aromatic nitrogens is 3. The van der Waals surface area contributed by atoms with E-state index in [0.29, 0.717) is 12.2 Å². The number of nitrogens with zero attached hydrogens (tertiary/aromatic N) is 4. The smallest absolute Gasteiger partial charge is 0.337 e. The van der Waals surface area contributed by atoms with Crippen LogP contribution in [0.4, 0.5) is 5.69 Å². The van der Waals surface area contributed by atoms with Crippen molar-refractivity contribution >= 4 is 11.7 Å². The van der Waals surface area contributed by atoms with Crippen LogP contribution in [0.15, 0.2) is 30.9 Å². The highest BCUT2D eigenvalue weighted by Gasteiger charge is 2.13. The number of aryl methyl sites for hydroxylation is 1. The Morgan fingerprint density at radius 1 is 1.50 bits per heavy atom.